The second kappa shape index (κ2) is 10.00. The van der Waals surface area contributed by atoms with E-state index in [-0.39, 0.29) is 36.2 Å². The molecule has 6 atom stereocenters. The number of ether oxygens (including phenoxy) is 6. The Morgan fingerprint density at radius 1 is 0.647 bits per heavy atom. The lowest BCUT2D eigenvalue weighted by atomic mass is 9.84. The molecule has 0 radical (unpaired) electrons. The summed E-state index contributed by atoms with van der Waals surface area (Å²) in [6.07, 6.45) is 0.520. The van der Waals surface area contributed by atoms with Gasteiger partial charge in [-0.15, -0.1) is 23.2 Å². The van der Waals surface area contributed by atoms with Crippen LogP contribution in [0, 0.1) is 22.7 Å². The minimum Gasteiger partial charge on any atom is -0.347 e. The van der Waals surface area contributed by atoms with Crippen LogP contribution >= 0.6 is 23.2 Å². The first-order valence-electron chi connectivity index (χ1n) is 11.7. The molecule has 0 spiro atoms. The molecule has 3 aliphatic rings. The topological polar surface area (TPSA) is 103 Å². The summed E-state index contributed by atoms with van der Waals surface area (Å²) in [5, 5.41) is 20.2. The molecule has 3 aliphatic heterocycles. The molecule has 0 saturated carbocycles. The van der Waals surface area contributed by atoms with E-state index in [1.807, 2.05) is 13.8 Å². The van der Waals surface area contributed by atoms with Gasteiger partial charge in [0.25, 0.3) is 0 Å². The smallest absolute Gasteiger partial charge is 0.165 e. The summed E-state index contributed by atoms with van der Waals surface area (Å²) in [5.41, 5.74) is -2.23. The summed E-state index contributed by atoms with van der Waals surface area (Å²) in [7, 11) is 0. The van der Waals surface area contributed by atoms with Gasteiger partial charge in [-0.2, -0.15) is 10.5 Å². The summed E-state index contributed by atoms with van der Waals surface area (Å²) in [6.45, 7) is 10.8. The van der Waals surface area contributed by atoms with Gasteiger partial charge >= 0.3 is 0 Å². The van der Waals surface area contributed by atoms with E-state index in [9.17, 15) is 10.5 Å². The standard InChI is InChI=1S/C24H36Cl2N2O6/c1-20(2)29-16(8-23(14-27)10-18(12-25)31-21(3,4)33-23)7-17(30-20)9-24(15-28)11-19(13-26)32-22(5,6)34-24/h16-19H,7-13H2,1-6H3/t16-,17-,18+,19+,23-,24-/m0/s1. The Morgan fingerprint density at radius 2 is 1.00 bits per heavy atom. The van der Waals surface area contributed by atoms with Gasteiger partial charge in [0.15, 0.2) is 28.6 Å². The van der Waals surface area contributed by atoms with Crippen molar-refractivity contribution in [1.82, 2.24) is 0 Å². The minimum atomic E-state index is -1.11. The highest BCUT2D eigenvalue weighted by molar-refractivity contribution is 6.18. The molecule has 0 amide bonds. The second-order valence-corrected chi connectivity index (χ2v) is 11.6. The number of nitrogens with zero attached hydrogens (tertiary/aromatic N) is 2. The van der Waals surface area contributed by atoms with Crippen LogP contribution in [0.15, 0.2) is 0 Å². The second-order valence-electron chi connectivity index (χ2n) is 10.9. The number of alkyl halides is 2. The zero-order chi connectivity index (χ0) is 25.4. The van der Waals surface area contributed by atoms with E-state index >= 15 is 0 Å². The third-order valence-electron chi connectivity index (χ3n) is 6.19. The zero-order valence-corrected chi connectivity index (χ0v) is 22.4. The SMILES string of the molecule is CC1(C)O[C@H](C[C@@]2(C#N)C[C@H](CCl)OC(C)(C)O2)C[C@@H](C[C@@]2(C#N)C[C@H](CCl)OC(C)(C)O2)O1. The fraction of sp³-hybridized carbons (Fsp3) is 0.917. The van der Waals surface area contributed by atoms with Crippen LogP contribution in [0.4, 0.5) is 0 Å². The molecule has 192 valence electrons. The van der Waals surface area contributed by atoms with Gasteiger partial charge in [0.1, 0.15) is 0 Å². The maximum atomic E-state index is 10.1. The fourth-order valence-corrected chi connectivity index (χ4v) is 5.89. The van der Waals surface area contributed by atoms with Crippen molar-refractivity contribution in [2.75, 3.05) is 11.8 Å². The van der Waals surface area contributed by atoms with E-state index < -0.39 is 28.6 Å². The number of hydrogen-bond donors (Lipinski definition) is 0. The Kier molecular flexibility index (Phi) is 8.20. The largest absolute Gasteiger partial charge is 0.347 e. The van der Waals surface area contributed by atoms with Crippen LogP contribution in [-0.4, -0.2) is 64.7 Å². The molecule has 0 aromatic carbocycles. The molecule has 0 bridgehead atoms. The highest BCUT2D eigenvalue weighted by Crippen LogP contribution is 2.43. The van der Waals surface area contributed by atoms with E-state index in [4.69, 9.17) is 51.6 Å². The van der Waals surface area contributed by atoms with Crippen LogP contribution < -0.4 is 0 Å². The van der Waals surface area contributed by atoms with Crippen molar-refractivity contribution in [3.8, 4) is 12.1 Å². The van der Waals surface area contributed by atoms with Crippen LogP contribution in [-0.2, 0) is 28.4 Å². The molecule has 8 nitrogen and oxygen atoms in total. The van der Waals surface area contributed by atoms with Gasteiger partial charge in [-0.3, -0.25) is 0 Å². The van der Waals surface area contributed by atoms with Crippen molar-refractivity contribution in [2.24, 2.45) is 0 Å². The highest BCUT2D eigenvalue weighted by Gasteiger charge is 2.52. The Morgan fingerprint density at radius 3 is 1.32 bits per heavy atom. The van der Waals surface area contributed by atoms with E-state index in [1.165, 1.54) is 0 Å². The van der Waals surface area contributed by atoms with Crippen LogP contribution in [0.25, 0.3) is 0 Å². The summed E-state index contributed by atoms with van der Waals surface area (Å²) in [5.74, 6) is -2.28. The summed E-state index contributed by atoms with van der Waals surface area (Å²) >= 11 is 12.2. The lowest BCUT2D eigenvalue weighted by Gasteiger charge is -2.49. The van der Waals surface area contributed by atoms with Crippen LogP contribution in [0.3, 0.4) is 0 Å². The number of rotatable bonds is 6. The highest BCUT2D eigenvalue weighted by atomic mass is 35.5. The average molecular weight is 519 g/mol. The van der Waals surface area contributed by atoms with E-state index in [0.717, 1.165) is 0 Å². The molecule has 3 fully saturated rings. The predicted molar refractivity (Wildman–Crippen MR) is 125 cm³/mol. The quantitative estimate of drug-likeness (QED) is 0.463. The predicted octanol–water partition coefficient (Wildman–Crippen LogP) is 4.76. The molecular weight excluding hydrogens is 483 g/mol. The Bertz CT molecular complexity index is 761. The van der Waals surface area contributed by atoms with Crippen LogP contribution in [0.1, 0.15) is 73.6 Å². The molecule has 0 aromatic heterocycles. The van der Waals surface area contributed by atoms with E-state index in [1.54, 1.807) is 27.7 Å². The molecule has 0 aromatic rings. The Hall–Kier alpha value is -0.680. The number of hydrogen-bond acceptors (Lipinski definition) is 8. The van der Waals surface area contributed by atoms with Gasteiger partial charge in [0.2, 0.25) is 0 Å². The third-order valence-corrected chi connectivity index (χ3v) is 6.88. The first-order valence-corrected chi connectivity index (χ1v) is 12.8. The first-order chi connectivity index (χ1) is 15.7. The average Bonchev–Trinajstić information content (AvgIpc) is 2.69. The number of halogens is 2. The normalized spacial score (nSPS) is 41.2. The van der Waals surface area contributed by atoms with Crippen molar-refractivity contribution >= 4 is 23.2 Å². The van der Waals surface area contributed by atoms with Crippen molar-refractivity contribution in [3.63, 3.8) is 0 Å². The summed E-state index contributed by atoms with van der Waals surface area (Å²) in [4.78, 5) is 0. The van der Waals surface area contributed by atoms with Gasteiger partial charge in [-0.05, 0) is 41.5 Å². The summed E-state index contributed by atoms with van der Waals surface area (Å²) < 4.78 is 36.4. The zero-order valence-electron chi connectivity index (χ0n) is 20.9. The molecule has 10 heteroatoms. The molecule has 3 rings (SSSR count). The van der Waals surface area contributed by atoms with Crippen LogP contribution in [0.5, 0.6) is 0 Å². The molecule has 3 saturated heterocycles. The molecular formula is C24H36Cl2N2O6. The van der Waals surface area contributed by atoms with E-state index in [0.29, 0.717) is 32.1 Å². The third kappa shape index (κ3) is 6.75. The Balaban J connectivity index is 1.79. The first kappa shape index (κ1) is 27.9. The molecule has 34 heavy (non-hydrogen) atoms. The maximum Gasteiger partial charge on any atom is 0.165 e. The minimum absolute atomic E-state index is 0.264. The van der Waals surface area contributed by atoms with Gasteiger partial charge in [0.05, 0.1) is 36.6 Å². The maximum absolute atomic E-state index is 10.1. The van der Waals surface area contributed by atoms with Crippen molar-refractivity contribution in [3.05, 3.63) is 0 Å². The van der Waals surface area contributed by atoms with Crippen LogP contribution in [0.2, 0.25) is 0 Å². The summed E-state index contributed by atoms with van der Waals surface area (Å²) in [6, 6.07) is 4.72. The lowest BCUT2D eigenvalue weighted by Crippen LogP contribution is -2.57. The van der Waals surface area contributed by atoms with Crippen molar-refractivity contribution in [2.45, 2.75) is 127 Å². The lowest BCUT2D eigenvalue weighted by molar-refractivity contribution is -0.347. The van der Waals surface area contributed by atoms with E-state index in [2.05, 4.69) is 12.1 Å². The fourth-order valence-electron chi connectivity index (χ4n) is 5.55. The monoisotopic (exact) mass is 518 g/mol. The van der Waals surface area contributed by atoms with Gasteiger partial charge in [-0.1, -0.05) is 0 Å². The number of nitriles is 2. The van der Waals surface area contributed by atoms with Gasteiger partial charge in [-0.25, -0.2) is 0 Å². The molecule has 3 heterocycles. The van der Waals surface area contributed by atoms with Crippen molar-refractivity contribution < 1.29 is 28.4 Å². The molecule has 0 aliphatic carbocycles. The van der Waals surface area contributed by atoms with Gasteiger partial charge in [0, 0.05) is 43.9 Å². The Labute approximate surface area is 212 Å². The molecule has 0 unspecified atom stereocenters. The van der Waals surface area contributed by atoms with Crippen molar-refractivity contribution in [1.29, 1.82) is 10.5 Å². The molecule has 0 N–H and O–H groups in total. The van der Waals surface area contributed by atoms with Gasteiger partial charge < -0.3 is 28.4 Å².